The minimum absolute atomic E-state index is 0.0528. The average Bonchev–Trinajstić information content (AvgIpc) is 2.49. The lowest BCUT2D eigenvalue weighted by atomic mass is 10.1. The number of primary amides is 1. The summed E-state index contributed by atoms with van der Waals surface area (Å²) in [6.07, 6.45) is 0. The highest BCUT2D eigenvalue weighted by molar-refractivity contribution is 6.00. The van der Waals surface area contributed by atoms with Gasteiger partial charge in [0.05, 0.1) is 12.1 Å². The summed E-state index contributed by atoms with van der Waals surface area (Å²) in [5.74, 6) is -0.722. The van der Waals surface area contributed by atoms with Gasteiger partial charge in [0.1, 0.15) is 0 Å². The van der Waals surface area contributed by atoms with Gasteiger partial charge < -0.3 is 16.4 Å². The number of nitrogens with two attached hydrogens (primary N) is 1. The molecule has 4 N–H and O–H groups in total. The van der Waals surface area contributed by atoms with Gasteiger partial charge in [0.2, 0.25) is 5.91 Å². The predicted molar refractivity (Wildman–Crippen MR) is 88.0 cm³/mol. The van der Waals surface area contributed by atoms with Crippen molar-refractivity contribution >= 4 is 23.2 Å². The molecule has 0 aliphatic heterocycles. The highest BCUT2D eigenvalue weighted by atomic mass is 16.2. The first-order valence-corrected chi connectivity index (χ1v) is 6.97. The maximum atomic E-state index is 12.0. The normalized spacial score (nSPS) is 10.1. The maximum absolute atomic E-state index is 12.0. The van der Waals surface area contributed by atoms with Gasteiger partial charge in [0.15, 0.2) is 0 Å². The van der Waals surface area contributed by atoms with Crippen LogP contribution in [-0.2, 0) is 4.79 Å². The molecular formula is C17H19N3O2. The molecule has 0 saturated heterocycles. The van der Waals surface area contributed by atoms with Crippen molar-refractivity contribution in [2.45, 2.75) is 13.8 Å². The monoisotopic (exact) mass is 297 g/mol. The van der Waals surface area contributed by atoms with Crippen LogP contribution in [-0.4, -0.2) is 18.4 Å². The Hall–Kier alpha value is -2.82. The fraction of sp³-hybridized carbons (Fsp3) is 0.176. The van der Waals surface area contributed by atoms with E-state index in [-0.39, 0.29) is 12.5 Å². The number of carbonyl (C=O) groups is 2. The van der Waals surface area contributed by atoms with Crippen molar-refractivity contribution in [2.75, 3.05) is 17.2 Å². The molecule has 114 valence electrons. The fourth-order valence-electron chi connectivity index (χ4n) is 2.05. The van der Waals surface area contributed by atoms with E-state index in [4.69, 9.17) is 5.73 Å². The standard InChI is InChI=1S/C17H19N3O2/c1-11-7-8-13(9-12(11)2)20-16(21)10-19-15-6-4-3-5-14(15)17(18)22/h3-9,19H,10H2,1-2H3,(H2,18,22)(H,20,21). The summed E-state index contributed by atoms with van der Waals surface area (Å²) >= 11 is 0. The zero-order valence-corrected chi connectivity index (χ0v) is 12.6. The third-order valence-electron chi connectivity index (χ3n) is 3.42. The summed E-state index contributed by atoms with van der Waals surface area (Å²) in [6, 6.07) is 12.6. The number of rotatable bonds is 5. The summed E-state index contributed by atoms with van der Waals surface area (Å²) in [5, 5.41) is 5.74. The molecular weight excluding hydrogens is 278 g/mol. The maximum Gasteiger partial charge on any atom is 0.250 e. The molecule has 22 heavy (non-hydrogen) atoms. The lowest BCUT2D eigenvalue weighted by Gasteiger charge is -2.11. The highest BCUT2D eigenvalue weighted by Gasteiger charge is 2.08. The van der Waals surface area contributed by atoms with Crippen molar-refractivity contribution in [2.24, 2.45) is 5.73 Å². The smallest absolute Gasteiger partial charge is 0.250 e. The predicted octanol–water partition coefficient (Wildman–Crippen LogP) is 2.45. The molecule has 0 aliphatic rings. The van der Waals surface area contributed by atoms with Crippen molar-refractivity contribution in [3.05, 3.63) is 59.2 Å². The molecule has 0 atom stereocenters. The van der Waals surface area contributed by atoms with Gasteiger partial charge in [-0.15, -0.1) is 0 Å². The van der Waals surface area contributed by atoms with E-state index in [1.807, 2.05) is 32.0 Å². The van der Waals surface area contributed by atoms with Gasteiger partial charge >= 0.3 is 0 Å². The quantitative estimate of drug-likeness (QED) is 0.792. The van der Waals surface area contributed by atoms with Crippen LogP contribution in [0.15, 0.2) is 42.5 Å². The summed E-state index contributed by atoms with van der Waals surface area (Å²) in [5.41, 5.74) is 9.24. The summed E-state index contributed by atoms with van der Waals surface area (Å²) in [7, 11) is 0. The third kappa shape index (κ3) is 3.85. The van der Waals surface area contributed by atoms with Crippen LogP contribution in [0.2, 0.25) is 0 Å². The van der Waals surface area contributed by atoms with Crippen LogP contribution >= 0.6 is 0 Å². The Morgan fingerprint density at radius 3 is 2.45 bits per heavy atom. The van der Waals surface area contributed by atoms with E-state index in [0.29, 0.717) is 11.3 Å². The van der Waals surface area contributed by atoms with Crippen molar-refractivity contribution in [1.82, 2.24) is 0 Å². The van der Waals surface area contributed by atoms with Gasteiger partial charge in [0.25, 0.3) is 5.91 Å². The van der Waals surface area contributed by atoms with E-state index >= 15 is 0 Å². The number of carbonyl (C=O) groups excluding carboxylic acids is 2. The second-order valence-corrected chi connectivity index (χ2v) is 5.11. The summed E-state index contributed by atoms with van der Waals surface area (Å²) < 4.78 is 0. The van der Waals surface area contributed by atoms with Crippen LogP contribution in [0.3, 0.4) is 0 Å². The van der Waals surface area contributed by atoms with Gasteiger partial charge in [0, 0.05) is 11.4 Å². The number of nitrogens with one attached hydrogen (secondary N) is 2. The molecule has 0 heterocycles. The fourth-order valence-corrected chi connectivity index (χ4v) is 2.05. The van der Waals surface area contributed by atoms with E-state index in [0.717, 1.165) is 11.3 Å². The van der Waals surface area contributed by atoms with Gasteiger partial charge in [-0.05, 0) is 49.2 Å². The molecule has 2 aromatic carbocycles. The van der Waals surface area contributed by atoms with Crippen LogP contribution in [0.25, 0.3) is 0 Å². The van der Waals surface area contributed by atoms with Gasteiger partial charge in [-0.25, -0.2) is 0 Å². The van der Waals surface area contributed by atoms with Crippen molar-refractivity contribution < 1.29 is 9.59 Å². The Balaban J connectivity index is 1.98. The molecule has 0 bridgehead atoms. The van der Waals surface area contributed by atoms with Crippen LogP contribution in [0, 0.1) is 13.8 Å². The average molecular weight is 297 g/mol. The lowest BCUT2D eigenvalue weighted by Crippen LogP contribution is -2.23. The summed E-state index contributed by atoms with van der Waals surface area (Å²) in [4.78, 5) is 23.3. The molecule has 0 unspecified atom stereocenters. The Morgan fingerprint density at radius 2 is 1.77 bits per heavy atom. The van der Waals surface area contributed by atoms with E-state index in [1.54, 1.807) is 24.3 Å². The number of para-hydroxylation sites is 1. The van der Waals surface area contributed by atoms with Gasteiger partial charge in [-0.1, -0.05) is 18.2 Å². The highest BCUT2D eigenvalue weighted by Crippen LogP contribution is 2.15. The zero-order valence-electron chi connectivity index (χ0n) is 12.6. The molecule has 5 nitrogen and oxygen atoms in total. The number of aryl methyl sites for hydroxylation is 2. The molecule has 0 aromatic heterocycles. The van der Waals surface area contributed by atoms with E-state index in [1.165, 1.54) is 5.56 Å². The first-order chi connectivity index (χ1) is 10.5. The number of benzene rings is 2. The third-order valence-corrected chi connectivity index (χ3v) is 3.42. The van der Waals surface area contributed by atoms with Gasteiger partial charge in [-0.2, -0.15) is 0 Å². The largest absolute Gasteiger partial charge is 0.376 e. The molecule has 5 heteroatoms. The Labute approximate surface area is 129 Å². The molecule has 0 aliphatic carbocycles. The molecule has 2 rings (SSSR count). The summed E-state index contributed by atoms with van der Waals surface area (Å²) in [6.45, 7) is 4.06. The van der Waals surface area contributed by atoms with Crippen molar-refractivity contribution in [1.29, 1.82) is 0 Å². The first-order valence-electron chi connectivity index (χ1n) is 6.97. The van der Waals surface area contributed by atoms with Crippen LogP contribution in [0.5, 0.6) is 0 Å². The number of amides is 2. The second-order valence-electron chi connectivity index (χ2n) is 5.11. The topological polar surface area (TPSA) is 84.2 Å². The lowest BCUT2D eigenvalue weighted by molar-refractivity contribution is -0.114. The Morgan fingerprint density at radius 1 is 1.05 bits per heavy atom. The van der Waals surface area contributed by atoms with Crippen LogP contribution in [0.1, 0.15) is 21.5 Å². The SMILES string of the molecule is Cc1ccc(NC(=O)CNc2ccccc2C(N)=O)cc1C. The van der Waals surface area contributed by atoms with Crippen LogP contribution < -0.4 is 16.4 Å². The number of hydrogen-bond donors (Lipinski definition) is 3. The van der Waals surface area contributed by atoms with E-state index < -0.39 is 5.91 Å². The van der Waals surface area contributed by atoms with E-state index in [9.17, 15) is 9.59 Å². The Bertz CT molecular complexity index is 711. The molecule has 2 aromatic rings. The molecule has 0 fully saturated rings. The van der Waals surface area contributed by atoms with Crippen molar-refractivity contribution in [3.63, 3.8) is 0 Å². The molecule has 0 saturated carbocycles. The van der Waals surface area contributed by atoms with Gasteiger partial charge in [-0.3, -0.25) is 9.59 Å². The van der Waals surface area contributed by atoms with E-state index in [2.05, 4.69) is 10.6 Å². The first kappa shape index (κ1) is 15.6. The minimum Gasteiger partial charge on any atom is -0.376 e. The molecule has 0 radical (unpaired) electrons. The van der Waals surface area contributed by atoms with Crippen LogP contribution in [0.4, 0.5) is 11.4 Å². The van der Waals surface area contributed by atoms with Crippen molar-refractivity contribution in [3.8, 4) is 0 Å². The molecule has 0 spiro atoms. The number of anilines is 2. The number of hydrogen-bond acceptors (Lipinski definition) is 3. The zero-order chi connectivity index (χ0) is 16.1. The minimum atomic E-state index is -0.530. The molecule has 2 amide bonds. The Kier molecular flexibility index (Phi) is 4.78. The second kappa shape index (κ2) is 6.76.